The number of carbonyl (C=O) groups is 1. The van der Waals surface area contributed by atoms with Gasteiger partial charge in [-0.3, -0.25) is 4.79 Å². The summed E-state index contributed by atoms with van der Waals surface area (Å²) in [5.41, 5.74) is -2.03. The second-order valence-corrected chi connectivity index (χ2v) is 8.69. The summed E-state index contributed by atoms with van der Waals surface area (Å²) in [5, 5.41) is 9.28. The number of ether oxygens (including phenoxy) is 4. The van der Waals surface area contributed by atoms with Gasteiger partial charge in [0.25, 0.3) is 0 Å². The van der Waals surface area contributed by atoms with Gasteiger partial charge in [0.15, 0.2) is 5.78 Å². The lowest BCUT2D eigenvalue weighted by Gasteiger charge is -2.33. The molecule has 0 saturated heterocycles. The van der Waals surface area contributed by atoms with E-state index in [4.69, 9.17) is 18.9 Å². The summed E-state index contributed by atoms with van der Waals surface area (Å²) in [7, 11) is 0. The Labute approximate surface area is 159 Å². The van der Waals surface area contributed by atoms with Crippen LogP contribution in [0.25, 0.3) is 0 Å². The van der Waals surface area contributed by atoms with Gasteiger partial charge in [-0.25, -0.2) is 0 Å². The van der Waals surface area contributed by atoms with E-state index in [-0.39, 0.29) is 24.4 Å². The van der Waals surface area contributed by atoms with Crippen LogP contribution in [0, 0.1) is 5.92 Å². The lowest BCUT2D eigenvalue weighted by atomic mass is 9.94. The largest absolute Gasteiger partial charge is 0.393 e. The molecule has 0 aliphatic rings. The molecule has 26 heavy (non-hydrogen) atoms. The quantitative estimate of drug-likeness (QED) is 0.502. The van der Waals surface area contributed by atoms with E-state index < -0.39 is 16.8 Å². The fourth-order valence-electron chi connectivity index (χ4n) is 2.22. The molecule has 1 N–H and O–H groups in total. The molecule has 0 aliphatic carbocycles. The Hall–Kier alpha value is -0.530. The van der Waals surface area contributed by atoms with Gasteiger partial charge in [-0.15, -0.1) is 0 Å². The maximum atomic E-state index is 12.2. The first-order chi connectivity index (χ1) is 11.8. The molecule has 6 heteroatoms. The lowest BCUT2D eigenvalue weighted by molar-refractivity contribution is -0.167. The van der Waals surface area contributed by atoms with E-state index in [0.717, 1.165) is 0 Å². The highest BCUT2D eigenvalue weighted by molar-refractivity contribution is 5.88. The minimum absolute atomic E-state index is 0.0645. The van der Waals surface area contributed by atoms with Crippen molar-refractivity contribution >= 4 is 5.78 Å². The Balaban J connectivity index is 4.59. The number of aliphatic hydroxyl groups is 1. The van der Waals surface area contributed by atoms with Gasteiger partial charge in [0.05, 0.1) is 37.6 Å². The Morgan fingerprint density at radius 2 is 1.42 bits per heavy atom. The smallest absolute Gasteiger partial charge is 0.166 e. The summed E-state index contributed by atoms with van der Waals surface area (Å²) in [6.45, 7) is 18.2. The molecule has 0 rings (SSSR count). The van der Waals surface area contributed by atoms with Crippen molar-refractivity contribution in [2.75, 3.05) is 33.0 Å². The third-order valence-electron chi connectivity index (χ3n) is 4.00. The van der Waals surface area contributed by atoms with Gasteiger partial charge in [-0.05, 0) is 48.5 Å². The zero-order chi connectivity index (χ0) is 20.6. The number of hydrogen-bond acceptors (Lipinski definition) is 6. The van der Waals surface area contributed by atoms with Crippen LogP contribution in [0.1, 0.15) is 62.3 Å². The van der Waals surface area contributed by atoms with Crippen LogP contribution in [0.3, 0.4) is 0 Å². The molecular weight excluding hydrogens is 336 g/mol. The summed E-state index contributed by atoms with van der Waals surface area (Å²) < 4.78 is 23.2. The predicted octanol–water partition coefficient (Wildman–Crippen LogP) is 2.99. The highest BCUT2D eigenvalue weighted by atomic mass is 16.6. The van der Waals surface area contributed by atoms with E-state index in [0.29, 0.717) is 26.4 Å². The molecule has 156 valence electrons. The number of ketones is 1. The highest BCUT2D eigenvalue weighted by Crippen LogP contribution is 2.21. The Bertz CT molecular complexity index is 415. The maximum absolute atomic E-state index is 12.2. The lowest BCUT2D eigenvalue weighted by Crippen LogP contribution is -2.44. The van der Waals surface area contributed by atoms with E-state index in [9.17, 15) is 9.90 Å². The first-order valence-electron chi connectivity index (χ1n) is 9.45. The fraction of sp³-hybridized carbons (Fsp3) is 0.950. The maximum Gasteiger partial charge on any atom is 0.166 e. The van der Waals surface area contributed by atoms with Crippen molar-refractivity contribution in [2.45, 2.75) is 85.2 Å². The summed E-state index contributed by atoms with van der Waals surface area (Å²) in [6, 6.07) is 0. The number of hydrogen-bond donors (Lipinski definition) is 1. The second-order valence-electron chi connectivity index (χ2n) is 8.69. The van der Waals surface area contributed by atoms with Crippen LogP contribution >= 0.6 is 0 Å². The molecular formula is C20H40O6. The van der Waals surface area contributed by atoms with Crippen molar-refractivity contribution in [3.8, 4) is 0 Å². The number of aliphatic hydroxyl groups excluding tert-OH is 1. The SMILES string of the molecule is CCOC(COC(C)(C)CO)COC(C)(C)COC(C)(C)C(=O)C(C)C. The predicted molar refractivity (Wildman–Crippen MR) is 102 cm³/mol. The third-order valence-corrected chi connectivity index (χ3v) is 4.00. The van der Waals surface area contributed by atoms with Gasteiger partial charge in [0, 0.05) is 12.5 Å². The minimum atomic E-state index is -0.845. The monoisotopic (exact) mass is 376 g/mol. The molecule has 6 nitrogen and oxygen atoms in total. The summed E-state index contributed by atoms with van der Waals surface area (Å²) in [5.74, 6) is -0.0106. The van der Waals surface area contributed by atoms with Crippen molar-refractivity contribution in [1.29, 1.82) is 0 Å². The van der Waals surface area contributed by atoms with E-state index >= 15 is 0 Å². The molecule has 0 saturated carbocycles. The molecule has 0 amide bonds. The van der Waals surface area contributed by atoms with Crippen molar-refractivity contribution in [3.63, 3.8) is 0 Å². The zero-order valence-corrected chi connectivity index (χ0v) is 18.2. The van der Waals surface area contributed by atoms with Crippen molar-refractivity contribution in [3.05, 3.63) is 0 Å². The minimum Gasteiger partial charge on any atom is -0.393 e. The van der Waals surface area contributed by atoms with Crippen LogP contribution in [-0.2, 0) is 23.7 Å². The van der Waals surface area contributed by atoms with E-state index in [1.807, 2.05) is 48.5 Å². The number of Topliss-reactive ketones (excluding diaryl/α,β-unsaturated/α-hetero) is 1. The van der Waals surface area contributed by atoms with Crippen molar-refractivity contribution in [1.82, 2.24) is 0 Å². The summed E-state index contributed by atoms with van der Waals surface area (Å²) in [4.78, 5) is 12.2. The molecule has 1 atom stereocenters. The van der Waals surface area contributed by atoms with Crippen LogP contribution in [-0.4, -0.2) is 66.8 Å². The molecule has 0 radical (unpaired) electrons. The van der Waals surface area contributed by atoms with E-state index in [2.05, 4.69) is 0 Å². The van der Waals surface area contributed by atoms with Gasteiger partial charge >= 0.3 is 0 Å². The average molecular weight is 377 g/mol. The van der Waals surface area contributed by atoms with Gasteiger partial charge in [0.1, 0.15) is 11.7 Å². The molecule has 0 aliphatic heterocycles. The van der Waals surface area contributed by atoms with Crippen LogP contribution in [0.2, 0.25) is 0 Å². The normalized spacial score (nSPS) is 14.7. The van der Waals surface area contributed by atoms with Gasteiger partial charge in [-0.2, -0.15) is 0 Å². The van der Waals surface area contributed by atoms with Crippen molar-refractivity contribution in [2.24, 2.45) is 5.92 Å². The second kappa shape index (κ2) is 10.7. The van der Waals surface area contributed by atoms with Crippen molar-refractivity contribution < 1.29 is 28.8 Å². The fourth-order valence-corrected chi connectivity index (χ4v) is 2.22. The zero-order valence-electron chi connectivity index (χ0n) is 18.2. The number of rotatable bonds is 14. The van der Waals surface area contributed by atoms with Crippen LogP contribution in [0.15, 0.2) is 0 Å². The van der Waals surface area contributed by atoms with Gasteiger partial charge in [0.2, 0.25) is 0 Å². The third kappa shape index (κ3) is 9.97. The Morgan fingerprint density at radius 1 is 0.923 bits per heavy atom. The number of carbonyl (C=O) groups excluding carboxylic acids is 1. The van der Waals surface area contributed by atoms with Gasteiger partial charge < -0.3 is 24.1 Å². The standard InChI is InChI=1S/C20H40O6/c1-10-23-16(11-24-18(4,5)13-21)12-25-19(6,7)14-26-20(8,9)17(22)15(2)3/h15-16,21H,10-14H2,1-9H3. The van der Waals surface area contributed by atoms with E-state index in [1.54, 1.807) is 13.8 Å². The topological polar surface area (TPSA) is 74.2 Å². The highest BCUT2D eigenvalue weighted by Gasteiger charge is 2.33. The summed E-state index contributed by atoms with van der Waals surface area (Å²) >= 11 is 0. The first kappa shape index (κ1) is 25.5. The molecule has 0 aromatic heterocycles. The Morgan fingerprint density at radius 3 is 1.85 bits per heavy atom. The average Bonchev–Trinajstić information content (AvgIpc) is 2.55. The van der Waals surface area contributed by atoms with Crippen LogP contribution in [0.4, 0.5) is 0 Å². The molecule has 0 bridgehead atoms. The molecule has 0 aromatic carbocycles. The van der Waals surface area contributed by atoms with Gasteiger partial charge in [-0.1, -0.05) is 13.8 Å². The first-order valence-corrected chi connectivity index (χ1v) is 9.45. The molecule has 0 aromatic rings. The summed E-state index contributed by atoms with van der Waals surface area (Å²) in [6.07, 6.45) is -0.240. The van der Waals surface area contributed by atoms with Crippen LogP contribution in [0.5, 0.6) is 0 Å². The van der Waals surface area contributed by atoms with E-state index in [1.165, 1.54) is 0 Å². The molecule has 0 spiro atoms. The van der Waals surface area contributed by atoms with Crippen LogP contribution < -0.4 is 0 Å². The molecule has 0 heterocycles. The molecule has 1 unspecified atom stereocenters. The molecule has 0 fully saturated rings. The Kier molecular flexibility index (Phi) is 10.5.